The zero-order valence-electron chi connectivity index (χ0n) is 31.1. The lowest BCUT2D eigenvalue weighted by Crippen LogP contribution is -2.61. The number of rotatable bonds is 9. The van der Waals surface area contributed by atoms with Crippen LogP contribution in [-0.4, -0.2) is 6.85 Å². The Morgan fingerprint density at radius 2 is 1.19 bits per heavy atom. The van der Waals surface area contributed by atoms with E-state index in [4.69, 9.17) is 0 Å². The van der Waals surface area contributed by atoms with E-state index in [1.165, 1.54) is 119 Å². The largest absolute Gasteiger partial charge is 0.376 e. The van der Waals surface area contributed by atoms with Crippen molar-refractivity contribution in [1.82, 2.24) is 0 Å². The highest BCUT2D eigenvalue weighted by Gasteiger charge is 2.46. The van der Waals surface area contributed by atoms with E-state index in [0.717, 1.165) is 12.8 Å². The first kappa shape index (κ1) is 33.0. The molecule has 2 aliphatic rings. The highest BCUT2D eigenvalue weighted by molar-refractivity contribution is 7.26. The third-order valence-corrected chi connectivity index (χ3v) is 12.7. The molecule has 0 atom stereocenters. The summed E-state index contributed by atoms with van der Waals surface area (Å²) in [4.78, 5) is 5.30. The number of hydrogen-bond acceptors (Lipinski definition) is 3. The predicted molar refractivity (Wildman–Crippen MR) is 236 cm³/mol. The number of anilines is 5. The van der Waals surface area contributed by atoms with Gasteiger partial charge in [0.1, 0.15) is 0 Å². The summed E-state index contributed by atoms with van der Waals surface area (Å²) >= 11 is 1.91. The van der Waals surface area contributed by atoms with E-state index >= 15 is 0 Å². The molecule has 0 fully saturated rings. The Bertz CT molecular complexity index is 2660. The molecule has 0 N–H and O–H groups in total. The van der Waals surface area contributed by atoms with Crippen LogP contribution in [0.3, 0.4) is 0 Å². The van der Waals surface area contributed by atoms with Crippen molar-refractivity contribution >= 4 is 77.7 Å². The molecule has 262 valence electrons. The number of nitrogens with zero attached hydrogens (tertiary/aromatic N) is 2. The number of unbranched alkanes of at least 4 members (excludes halogenated alkanes) is 2. The average molecular weight is 715 g/mol. The first-order valence-electron chi connectivity index (χ1n) is 19.8. The molecule has 0 saturated heterocycles. The number of benzene rings is 7. The zero-order chi connectivity index (χ0) is 36.2. The third kappa shape index (κ3) is 5.30. The fourth-order valence-corrected chi connectivity index (χ4v) is 10.2. The monoisotopic (exact) mass is 714 g/mol. The maximum Gasteiger partial charge on any atom is 0.333 e. The van der Waals surface area contributed by atoms with Crippen molar-refractivity contribution in [1.29, 1.82) is 0 Å². The molecule has 0 spiro atoms. The van der Waals surface area contributed by atoms with Gasteiger partial charge >= 0.3 is 6.85 Å². The maximum atomic E-state index is 2.67. The van der Waals surface area contributed by atoms with E-state index in [1.807, 2.05) is 11.3 Å². The maximum absolute atomic E-state index is 2.67. The molecule has 0 bridgehead atoms. The van der Waals surface area contributed by atoms with Crippen LogP contribution in [0.25, 0.3) is 42.4 Å². The number of aryl methyl sites for hydroxylation is 2. The first-order valence-corrected chi connectivity index (χ1v) is 20.6. The number of hydrogen-bond donors (Lipinski definition) is 0. The van der Waals surface area contributed by atoms with Crippen LogP contribution in [0, 0.1) is 0 Å². The lowest BCUT2D eigenvalue weighted by atomic mass is 9.42. The number of fused-ring (bicyclic) bond motifs is 8. The van der Waals surface area contributed by atoms with Crippen LogP contribution in [0.5, 0.6) is 0 Å². The van der Waals surface area contributed by atoms with E-state index < -0.39 is 0 Å². The van der Waals surface area contributed by atoms with Gasteiger partial charge in [-0.3, -0.25) is 0 Å². The van der Waals surface area contributed by atoms with Gasteiger partial charge in [-0.05, 0) is 124 Å². The Morgan fingerprint density at radius 1 is 0.500 bits per heavy atom. The average Bonchev–Trinajstić information content (AvgIpc) is 3.62. The molecule has 1 aromatic heterocycles. The fourth-order valence-electron chi connectivity index (χ4n) is 9.10. The lowest BCUT2D eigenvalue weighted by Gasteiger charge is -2.46. The van der Waals surface area contributed by atoms with E-state index in [2.05, 4.69) is 175 Å². The summed E-state index contributed by atoms with van der Waals surface area (Å²) in [5, 5.41) is 2.71. The summed E-state index contributed by atoms with van der Waals surface area (Å²) in [5.74, 6) is 0. The van der Waals surface area contributed by atoms with Crippen molar-refractivity contribution < 1.29 is 0 Å². The smallest absolute Gasteiger partial charge is 0.333 e. The SMILES string of the molecule is CCCCc1ccc2c(c1)-c1cc(CCCC)cc3c1B(c1c(ccc4sc5ccccc5c14)N3c1ccccc1-c1ccccc1)N2c1ccccc1. The van der Waals surface area contributed by atoms with Crippen molar-refractivity contribution in [3.8, 4) is 22.3 Å². The summed E-state index contributed by atoms with van der Waals surface area (Å²) < 4.78 is 2.67. The van der Waals surface area contributed by atoms with Crippen LogP contribution < -0.4 is 20.6 Å². The quantitative estimate of drug-likeness (QED) is 0.137. The molecular formula is C50H43BN2S. The summed E-state index contributed by atoms with van der Waals surface area (Å²) in [6.07, 6.45) is 6.87. The Morgan fingerprint density at radius 3 is 2.00 bits per heavy atom. The summed E-state index contributed by atoms with van der Waals surface area (Å²) in [5.41, 5.74) is 17.1. The fraction of sp³-hybridized carbons (Fsp3) is 0.160. The molecule has 7 aromatic carbocycles. The van der Waals surface area contributed by atoms with Gasteiger partial charge < -0.3 is 9.71 Å². The van der Waals surface area contributed by atoms with Gasteiger partial charge in [0.25, 0.3) is 0 Å². The van der Waals surface area contributed by atoms with Crippen LogP contribution in [0.4, 0.5) is 28.4 Å². The molecule has 0 amide bonds. The van der Waals surface area contributed by atoms with E-state index in [9.17, 15) is 0 Å². The molecule has 2 aliphatic heterocycles. The molecule has 54 heavy (non-hydrogen) atoms. The third-order valence-electron chi connectivity index (χ3n) is 11.6. The minimum absolute atomic E-state index is 0.0246. The van der Waals surface area contributed by atoms with Gasteiger partial charge in [-0.15, -0.1) is 11.3 Å². The standard InChI is InChI=1S/C50H43BN2S/c1-3-5-17-34-27-28-43-40(31-34)41-32-35(18-6-4-2)33-45-49(41)51(53(43)37-21-11-8-12-22-37)50-44(29-30-47-48(50)39-24-14-16-26-46(39)54-47)52(45)42-25-15-13-23-38(42)36-19-9-7-10-20-36/h7-16,19-33H,3-6,17-18H2,1-2H3. The van der Waals surface area contributed by atoms with Crippen molar-refractivity contribution in [2.45, 2.75) is 52.4 Å². The molecule has 8 aromatic rings. The highest BCUT2D eigenvalue weighted by Crippen LogP contribution is 2.50. The second kappa shape index (κ2) is 13.7. The molecule has 0 saturated carbocycles. The number of thiophene rings is 1. The predicted octanol–water partition coefficient (Wildman–Crippen LogP) is 13.1. The minimum atomic E-state index is -0.0246. The second-order valence-electron chi connectivity index (χ2n) is 14.9. The number of para-hydroxylation sites is 2. The van der Waals surface area contributed by atoms with Gasteiger partial charge in [0.2, 0.25) is 0 Å². The van der Waals surface area contributed by atoms with Gasteiger partial charge in [0.15, 0.2) is 0 Å². The Balaban J connectivity index is 1.36. The first-order chi connectivity index (χ1) is 26.7. The lowest BCUT2D eigenvalue weighted by molar-refractivity contribution is 0.794. The summed E-state index contributed by atoms with van der Waals surface area (Å²) in [6, 6.07) is 57.4. The highest BCUT2D eigenvalue weighted by atomic mass is 32.1. The molecule has 3 heterocycles. The van der Waals surface area contributed by atoms with E-state index in [0.29, 0.717) is 0 Å². The van der Waals surface area contributed by atoms with E-state index in [-0.39, 0.29) is 6.85 Å². The molecule has 0 aliphatic carbocycles. The topological polar surface area (TPSA) is 6.48 Å². The van der Waals surface area contributed by atoms with Gasteiger partial charge in [-0.2, -0.15) is 0 Å². The molecule has 2 nitrogen and oxygen atoms in total. The normalized spacial score (nSPS) is 13.0. The minimum Gasteiger partial charge on any atom is -0.376 e. The van der Waals surface area contributed by atoms with Gasteiger partial charge in [0.05, 0.1) is 5.69 Å². The Kier molecular flexibility index (Phi) is 8.37. The van der Waals surface area contributed by atoms with Crippen molar-refractivity contribution in [2.75, 3.05) is 9.71 Å². The van der Waals surface area contributed by atoms with Gasteiger partial charge in [-0.25, -0.2) is 0 Å². The zero-order valence-corrected chi connectivity index (χ0v) is 31.9. The van der Waals surface area contributed by atoms with Crippen LogP contribution in [0.15, 0.2) is 152 Å². The second-order valence-corrected chi connectivity index (χ2v) is 16.0. The van der Waals surface area contributed by atoms with Crippen LogP contribution in [0.2, 0.25) is 0 Å². The van der Waals surface area contributed by atoms with Crippen molar-refractivity contribution in [3.05, 3.63) is 163 Å². The van der Waals surface area contributed by atoms with Crippen LogP contribution in [0.1, 0.15) is 50.7 Å². The summed E-state index contributed by atoms with van der Waals surface area (Å²) in [6.45, 7) is 4.58. The van der Waals surface area contributed by atoms with Crippen LogP contribution >= 0.6 is 11.3 Å². The molecular weight excluding hydrogens is 671 g/mol. The molecule has 0 unspecified atom stereocenters. The van der Waals surface area contributed by atoms with Crippen LogP contribution in [-0.2, 0) is 12.8 Å². The van der Waals surface area contributed by atoms with Crippen molar-refractivity contribution in [2.24, 2.45) is 0 Å². The summed E-state index contributed by atoms with van der Waals surface area (Å²) in [7, 11) is 0. The van der Waals surface area contributed by atoms with E-state index in [1.54, 1.807) is 0 Å². The van der Waals surface area contributed by atoms with Gasteiger partial charge in [0, 0.05) is 43.3 Å². The van der Waals surface area contributed by atoms with Crippen molar-refractivity contribution in [3.63, 3.8) is 0 Å². The Hall–Kier alpha value is -5.58. The molecule has 10 rings (SSSR count). The molecule has 4 heteroatoms. The molecule has 0 radical (unpaired) electrons. The Labute approximate surface area is 323 Å². The van der Waals surface area contributed by atoms with Gasteiger partial charge in [-0.1, -0.05) is 124 Å².